The fourth-order valence-electron chi connectivity index (χ4n) is 5.82. The van der Waals surface area contributed by atoms with Crippen molar-refractivity contribution in [1.29, 1.82) is 0 Å². The van der Waals surface area contributed by atoms with E-state index < -0.39 is 45.9 Å². The van der Waals surface area contributed by atoms with E-state index in [1.807, 2.05) is 31.2 Å². The van der Waals surface area contributed by atoms with Gasteiger partial charge in [0.15, 0.2) is 22.1 Å². The molecule has 1 atom stereocenters. The van der Waals surface area contributed by atoms with Gasteiger partial charge in [-0.25, -0.2) is 8.42 Å². The van der Waals surface area contributed by atoms with Crippen LogP contribution in [0.2, 0.25) is 0 Å². The predicted octanol–water partition coefficient (Wildman–Crippen LogP) is 3.68. The zero-order chi connectivity index (χ0) is 29.2. The number of anilines is 1. The van der Waals surface area contributed by atoms with Crippen molar-refractivity contribution in [1.82, 2.24) is 15.1 Å². The summed E-state index contributed by atoms with van der Waals surface area (Å²) in [5.41, 5.74) is 3.22. The van der Waals surface area contributed by atoms with Gasteiger partial charge in [0.05, 0.1) is 29.5 Å². The maximum Gasteiger partial charge on any atom is 0.422 e. The summed E-state index contributed by atoms with van der Waals surface area (Å²) in [7, 11) is -3.24. The zero-order valence-electron chi connectivity index (χ0n) is 22.0. The molecular formula is C28H27F3N4O5S. The molecule has 1 spiro atoms. The number of carbonyl (C=O) groups is 2. The Morgan fingerprint density at radius 3 is 2.76 bits per heavy atom. The number of rotatable bonds is 5. The Hall–Kier alpha value is -3.87. The van der Waals surface area contributed by atoms with Crippen molar-refractivity contribution in [2.75, 3.05) is 23.4 Å². The van der Waals surface area contributed by atoms with Gasteiger partial charge in [-0.3, -0.25) is 14.3 Å². The Morgan fingerprint density at radius 2 is 2.02 bits per heavy atom. The lowest BCUT2D eigenvalue weighted by atomic mass is 9.89. The third kappa shape index (κ3) is 5.18. The summed E-state index contributed by atoms with van der Waals surface area (Å²) in [6.45, 7) is 0.798. The lowest BCUT2D eigenvalue weighted by molar-refractivity contribution is -0.153. The number of aryl methyl sites for hydroxylation is 1. The molecule has 2 aromatic rings. The number of benzene rings is 1. The van der Waals surface area contributed by atoms with Crippen LogP contribution in [0, 0.1) is 5.92 Å². The highest BCUT2D eigenvalue weighted by Gasteiger charge is 2.47. The summed E-state index contributed by atoms with van der Waals surface area (Å²) >= 11 is 0. The summed E-state index contributed by atoms with van der Waals surface area (Å²) < 4.78 is 67.7. The highest BCUT2D eigenvalue weighted by Crippen LogP contribution is 2.44. The molecule has 2 aliphatic carbocycles. The molecule has 0 bridgehead atoms. The first-order valence-corrected chi connectivity index (χ1v) is 15.0. The van der Waals surface area contributed by atoms with Crippen molar-refractivity contribution >= 4 is 32.9 Å². The van der Waals surface area contributed by atoms with E-state index in [1.165, 1.54) is 6.07 Å². The third-order valence-electron chi connectivity index (χ3n) is 7.86. The Balaban J connectivity index is 1.35. The molecule has 1 aromatic heterocycles. The van der Waals surface area contributed by atoms with Crippen molar-refractivity contribution < 1.29 is 35.9 Å². The summed E-state index contributed by atoms with van der Waals surface area (Å²) in [6.07, 6.45) is 4.91. The number of amides is 2. The number of allylic oxidation sites excluding steroid dienone is 6. The van der Waals surface area contributed by atoms with Crippen LogP contribution in [0.15, 0.2) is 48.1 Å². The SMILES string of the molecule is CC1=CCC=C(c2nn3c(c2NC(=O)C2CS(=O)(=O)C2)C(=O)N[C@@]2(CCc4cc(OCC(F)(F)F)ccc42)C3)C=C1. The Labute approximate surface area is 234 Å². The molecule has 2 amide bonds. The Morgan fingerprint density at radius 1 is 1.24 bits per heavy atom. The van der Waals surface area contributed by atoms with Gasteiger partial charge in [-0.1, -0.05) is 35.9 Å². The second kappa shape index (κ2) is 9.61. The summed E-state index contributed by atoms with van der Waals surface area (Å²) in [4.78, 5) is 26.7. The van der Waals surface area contributed by atoms with Crippen molar-refractivity contribution in [2.24, 2.45) is 5.92 Å². The highest BCUT2D eigenvalue weighted by molar-refractivity contribution is 7.92. The second-order valence-electron chi connectivity index (χ2n) is 10.9. The molecule has 0 radical (unpaired) electrons. The maximum absolute atomic E-state index is 13.7. The predicted molar refractivity (Wildman–Crippen MR) is 144 cm³/mol. The highest BCUT2D eigenvalue weighted by atomic mass is 32.2. The number of alkyl halides is 3. The van der Waals surface area contributed by atoms with Gasteiger partial charge in [0.2, 0.25) is 5.91 Å². The first-order valence-electron chi connectivity index (χ1n) is 13.2. The van der Waals surface area contributed by atoms with Crippen LogP contribution in [-0.4, -0.2) is 54.3 Å². The molecule has 1 fully saturated rings. The average Bonchev–Trinajstić information content (AvgIpc) is 3.31. The Bertz CT molecular complexity index is 1660. The minimum absolute atomic E-state index is 0.0984. The average molecular weight is 589 g/mol. The van der Waals surface area contributed by atoms with Gasteiger partial charge in [0, 0.05) is 5.57 Å². The Kier molecular flexibility index (Phi) is 6.40. The number of nitrogens with zero attached hydrogens (tertiary/aromatic N) is 2. The maximum atomic E-state index is 13.7. The van der Waals surface area contributed by atoms with Crippen LogP contribution in [0.1, 0.15) is 47.1 Å². The van der Waals surface area contributed by atoms with E-state index in [9.17, 15) is 31.2 Å². The van der Waals surface area contributed by atoms with Crippen LogP contribution in [0.4, 0.5) is 18.9 Å². The van der Waals surface area contributed by atoms with Crippen LogP contribution < -0.4 is 15.4 Å². The fraction of sp³-hybridized carbons (Fsp3) is 0.393. The van der Waals surface area contributed by atoms with Gasteiger partial charge < -0.3 is 15.4 Å². The molecule has 41 heavy (non-hydrogen) atoms. The molecule has 1 aromatic carbocycles. The number of hydrogen-bond acceptors (Lipinski definition) is 6. The van der Waals surface area contributed by atoms with E-state index in [0.717, 1.165) is 16.7 Å². The van der Waals surface area contributed by atoms with Gasteiger partial charge >= 0.3 is 6.18 Å². The fourth-order valence-corrected chi connectivity index (χ4v) is 7.25. The number of nitrogens with one attached hydrogen (secondary N) is 2. The zero-order valence-corrected chi connectivity index (χ0v) is 22.9. The third-order valence-corrected chi connectivity index (χ3v) is 9.68. The molecule has 4 aliphatic rings. The molecule has 2 N–H and O–H groups in total. The van der Waals surface area contributed by atoms with E-state index in [-0.39, 0.29) is 35.2 Å². The quantitative estimate of drug-likeness (QED) is 0.550. The van der Waals surface area contributed by atoms with Gasteiger partial charge in [-0.15, -0.1) is 0 Å². The standard InChI is InChI=1S/C28H27F3N4O5S/c1-16-3-2-4-17(6-5-16)22-23(32-25(36)19-12-41(38,39)13-19)24-26(37)33-27(14-35(24)34-22)10-9-18-11-20(7-8-21(18)27)40-15-28(29,30)31/h3-8,11,19H,2,9-10,12-15H2,1H3,(H,32,36)(H,33,37)/t27-/m0/s1. The van der Waals surface area contributed by atoms with Gasteiger partial charge in [0.1, 0.15) is 17.1 Å². The summed E-state index contributed by atoms with van der Waals surface area (Å²) in [5, 5.41) is 10.7. The number of halogens is 3. The molecule has 0 unspecified atom stereocenters. The molecule has 216 valence electrons. The van der Waals surface area contributed by atoms with Crippen LogP contribution in [0.3, 0.4) is 0 Å². The largest absolute Gasteiger partial charge is 0.484 e. The number of aromatic nitrogens is 2. The lowest BCUT2D eigenvalue weighted by Crippen LogP contribution is -2.52. The second-order valence-corrected chi connectivity index (χ2v) is 13.1. The van der Waals surface area contributed by atoms with Gasteiger partial charge in [-0.2, -0.15) is 18.3 Å². The smallest absolute Gasteiger partial charge is 0.422 e. The van der Waals surface area contributed by atoms with E-state index in [0.29, 0.717) is 30.5 Å². The first kappa shape index (κ1) is 27.3. The van der Waals surface area contributed by atoms with Gasteiger partial charge in [0.25, 0.3) is 5.91 Å². The summed E-state index contributed by atoms with van der Waals surface area (Å²) in [6, 6.07) is 4.71. The molecule has 2 aliphatic heterocycles. The molecule has 1 saturated heterocycles. The first-order chi connectivity index (χ1) is 19.3. The lowest BCUT2D eigenvalue weighted by Gasteiger charge is -2.36. The number of ether oxygens (including phenoxy) is 1. The molecule has 6 rings (SSSR count). The van der Waals surface area contributed by atoms with Crippen molar-refractivity contribution in [3.8, 4) is 5.75 Å². The van der Waals surface area contributed by atoms with Crippen LogP contribution >= 0.6 is 0 Å². The number of carbonyl (C=O) groups excluding carboxylic acids is 2. The van der Waals surface area contributed by atoms with E-state index in [1.54, 1.807) is 16.8 Å². The van der Waals surface area contributed by atoms with Crippen LogP contribution in [-0.2, 0) is 33.1 Å². The van der Waals surface area contributed by atoms with Crippen molar-refractivity contribution in [3.05, 3.63) is 70.6 Å². The molecule has 0 saturated carbocycles. The number of sulfone groups is 1. The number of fused-ring (bicyclic) bond motifs is 3. The van der Waals surface area contributed by atoms with Gasteiger partial charge in [-0.05, 0) is 49.4 Å². The monoisotopic (exact) mass is 588 g/mol. The molecule has 3 heterocycles. The molecular weight excluding hydrogens is 561 g/mol. The van der Waals surface area contributed by atoms with Crippen molar-refractivity contribution in [2.45, 2.75) is 44.4 Å². The van der Waals surface area contributed by atoms with Crippen LogP contribution in [0.25, 0.3) is 5.57 Å². The molecule has 13 heteroatoms. The van der Waals surface area contributed by atoms with E-state index >= 15 is 0 Å². The summed E-state index contributed by atoms with van der Waals surface area (Å²) in [5.74, 6) is -2.06. The van der Waals surface area contributed by atoms with Crippen LogP contribution in [0.5, 0.6) is 5.75 Å². The molecule has 9 nitrogen and oxygen atoms in total. The normalized spacial score (nSPS) is 23.1. The van der Waals surface area contributed by atoms with E-state index in [4.69, 9.17) is 9.84 Å². The minimum atomic E-state index is -4.46. The minimum Gasteiger partial charge on any atom is -0.484 e. The van der Waals surface area contributed by atoms with E-state index in [2.05, 4.69) is 10.6 Å². The van der Waals surface area contributed by atoms with Crippen molar-refractivity contribution in [3.63, 3.8) is 0 Å². The number of hydrogen-bond donors (Lipinski definition) is 2. The topological polar surface area (TPSA) is 119 Å².